The lowest BCUT2D eigenvalue weighted by Crippen LogP contribution is -2.26. The van der Waals surface area contributed by atoms with Gasteiger partial charge in [0.15, 0.2) is 0 Å². The zero-order valence-corrected chi connectivity index (χ0v) is 13.6. The maximum atomic E-state index is 14.0. The number of nitrogens with zero attached hydrogens (tertiary/aromatic N) is 1. The summed E-state index contributed by atoms with van der Waals surface area (Å²) in [5.74, 6) is -1.20. The summed E-state index contributed by atoms with van der Waals surface area (Å²) in [5.41, 5.74) is 2.25. The van der Waals surface area contributed by atoms with Crippen LogP contribution < -0.4 is 5.32 Å². The van der Waals surface area contributed by atoms with Crippen LogP contribution in [0, 0.1) is 11.6 Å². The van der Waals surface area contributed by atoms with E-state index in [0.717, 1.165) is 30.2 Å². The fourth-order valence-electron chi connectivity index (χ4n) is 2.81. The number of hydrogen-bond donors (Lipinski definition) is 1. The number of halogens is 2. The van der Waals surface area contributed by atoms with Crippen LogP contribution >= 0.6 is 0 Å². The molecule has 1 aliphatic carbocycles. The number of nitrogens with one attached hydrogen (secondary N) is 1. The summed E-state index contributed by atoms with van der Waals surface area (Å²) >= 11 is 0. The summed E-state index contributed by atoms with van der Waals surface area (Å²) in [5, 5.41) is 2.83. The lowest BCUT2D eigenvalue weighted by atomic mass is 10.1. The molecule has 3 rings (SSSR count). The molecule has 24 heavy (non-hydrogen) atoms. The fraction of sp³-hybridized carbons (Fsp3) is 0.316. The lowest BCUT2D eigenvalue weighted by Gasteiger charge is -2.24. The molecule has 0 aromatic heterocycles. The predicted molar refractivity (Wildman–Crippen MR) is 89.4 cm³/mol. The zero-order chi connectivity index (χ0) is 17.1. The molecule has 0 radical (unpaired) electrons. The first-order chi connectivity index (χ1) is 11.5. The second kappa shape index (κ2) is 7.09. The van der Waals surface area contributed by atoms with E-state index in [1.807, 2.05) is 24.3 Å². The van der Waals surface area contributed by atoms with Crippen molar-refractivity contribution in [1.29, 1.82) is 0 Å². The molecule has 0 unspecified atom stereocenters. The molecule has 3 nitrogen and oxygen atoms in total. The van der Waals surface area contributed by atoms with Gasteiger partial charge in [0, 0.05) is 43.4 Å². The average Bonchev–Trinajstić information content (AvgIpc) is 3.35. The van der Waals surface area contributed by atoms with Crippen molar-refractivity contribution in [2.24, 2.45) is 0 Å². The molecule has 1 saturated carbocycles. The van der Waals surface area contributed by atoms with Crippen molar-refractivity contribution in [3.8, 4) is 0 Å². The predicted octanol–water partition coefficient (Wildman–Crippen LogP) is 4.09. The Hall–Kier alpha value is -2.27. The third-order valence-corrected chi connectivity index (χ3v) is 4.15. The van der Waals surface area contributed by atoms with E-state index in [1.165, 1.54) is 19.1 Å². The standard InChI is InChI=1S/C19H20F2N2O/c1-13(24)22-19-5-3-2-4-15(19)12-23(17-8-9-17)11-14-6-7-16(20)10-18(14)21/h2-7,10,17H,8-9,11-12H2,1H3,(H,22,24). The minimum Gasteiger partial charge on any atom is -0.326 e. The van der Waals surface area contributed by atoms with Gasteiger partial charge >= 0.3 is 0 Å². The highest BCUT2D eigenvalue weighted by atomic mass is 19.1. The van der Waals surface area contributed by atoms with Crippen molar-refractivity contribution in [3.63, 3.8) is 0 Å². The SMILES string of the molecule is CC(=O)Nc1ccccc1CN(Cc1ccc(F)cc1F)C1CC1. The Morgan fingerprint density at radius 1 is 1.12 bits per heavy atom. The van der Waals surface area contributed by atoms with Gasteiger partial charge in [-0.2, -0.15) is 0 Å². The van der Waals surface area contributed by atoms with Gasteiger partial charge < -0.3 is 5.32 Å². The number of amides is 1. The van der Waals surface area contributed by atoms with Gasteiger partial charge in [-0.25, -0.2) is 8.78 Å². The van der Waals surface area contributed by atoms with E-state index in [1.54, 1.807) is 0 Å². The first-order valence-electron chi connectivity index (χ1n) is 8.06. The number of hydrogen-bond acceptors (Lipinski definition) is 2. The molecule has 0 spiro atoms. The molecule has 0 aliphatic heterocycles. The van der Waals surface area contributed by atoms with Crippen LogP contribution in [0.2, 0.25) is 0 Å². The largest absolute Gasteiger partial charge is 0.326 e. The highest BCUT2D eigenvalue weighted by Crippen LogP contribution is 2.31. The first kappa shape index (κ1) is 16.6. The maximum absolute atomic E-state index is 14.0. The van der Waals surface area contributed by atoms with Crippen LogP contribution in [-0.2, 0) is 17.9 Å². The van der Waals surface area contributed by atoms with Gasteiger partial charge in [0.1, 0.15) is 11.6 Å². The van der Waals surface area contributed by atoms with Gasteiger partial charge in [-0.1, -0.05) is 24.3 Å². The van der Waals surface area contributed by atoms with E-state index in [2.05, 4.69) is 10.2 Å². The third-order valence-electron chi connectivity index (χ3n) is 4.15. The van der Waals surface area contributed by atoms with Crippen LogP contribution in [0.5, 0.6) is 0 Å². The molecule has 0 atom stereocenters. The highest BCUT2D eigenvalue weighted by Gasteiger charge is 2.30. The van der Waals surface area contributed by atoms with Crippen LogP contribution in [0.4, 0.5) is 14.5 Å². The van der Waals surface area contributed by atoms with Crippen molar-refractivity contribution < 1.29 is 13.6 Å². The molecule has 1 aliphatic rings. The van der Waals surface area contributed by atoms with Crippen LogP contribution in [0.15, 0.2) is 42.5 Å². The van der Waals surface area contributed by atoms with Crippen LogP contribution in [0.25, 0.3) is 0 Å². The van der Waals surface area contributed by atoms with Gasteiger partial charge in [0.25, 0.3) is 0 Å². The Labute approximate surface area is 140 Å². The van der Waals surface area contributed by atoms with Crippen molar-refractivity contribution in [2.45, 2.75) is 38.9 Å². The topological polar surface area (TPSA) is 32.3 Å². The summed E-state index contributed by atoms with van der Waals surface area (Å²) in [6.07, 6.45) is 2.15. The second-order valence-electron chi connectivity index (χ2n) is 6.21. The molecule has 2 aromatic carbocycles. The molecule has 5 heteroatoms. The Kier molecular flexibility index (Phi) is 4.90. The Morgan fingerprint density at radius 2 is 1.83 bits per heavy atom. The molecular formula is C19H20F2N2O. The molecule has 2 aromatic rings. The minimum absolute atomic E-state index is 0.120. The van der Waals surface area contributed by atoms with Gasteiger partial charge in [-0.15, -0.1) is 0 Å². The number of anilines is 1. The molecule has 1 N–H and O–H groups in total. The summed E-state index contributed by atoms with van der Waals surface area (Å²) in [7, 11) is 0. The zero-order valence-electron chi connectivity index (χ0n) is 13.6. The molecule has 1 amide bonds. The van der Waals surface area contributed by atoms with Gasteiger partial charge in [-0.05, 0) is 30.5 Å². The summed E-state index contributed by atoms with van der Waals surface area (Å²) in [4.78, 5) is 13.5. The van der Waals surface area contributed by atoms with Crippen molar-refractivity contribution in [3.05, 3.63) is 65.2 Å². The van der Waals surface area contributed by atoms with E-state index < -0.39 is 11.6 Å². The van der Waals surface area contributed by atoms with E-state index in [-0.39, 0.29) is 5.91 Å². The molecular weight excluding hydrogens is 310 g/mol. The number of carbonyl (C=O) groups excluding carboxylic acids is 1. The lowest BCUT2D eigenvalue weighted by molar-refractivity contribution is -0.114. The fourth-order valence-corrected chi connectivity index (χ4v) is 2.81. The molecule has 0 bridgehead atoms. The minimum atomic E-state index is -0.565. The van der Waals surface area contributed by atoms with Crippen molar-refractivity contribution in [2.75, 3.05) is 5.32 Å². The maximum Gasteiger partial charge on any atom is 0.221 e. The quantitative estimate of drug-likeness (QED) is 0.865. The number of carbonyl (C=O) groups is 1. The number of benzene rings is 2. The van der Waals surface area contributed by atoms with E-state index in [9.17, 15) is 13.6 Å². The Balaban J connectivity index is 1.79. The van der Waals surface area contributed by atoms with Gasteiger partial charge in [0.2, 0.25) is 5.91 Å². The van der Waals surface area contributed by atoms with E-state index >= 15 is 0 Å². The molecule has 1 fully saturated rings. The normalized spacial score (nSPS) is 14.0. The molecule has 126 valence electrons. The monoisotopic (exact) mass is 330 g/mol. The molecule has 0 heterocycles. The second-order valence-corrected chi connectivity index (χ2v) is 6.21. The van der Waals surface area contributed by atoms with Gasteiger partial charge in [0.05, 0.1) is 0 Å². The number of para-hydroxylation sites is 1. The highest BCUT2D eigenvalue weighted by molar-refractivity contribution is 5.89. The summed E-state index contributed by atoms with van der Waals surface area (Å²) in [6.45, 7) is 2.51. The Morgan fingerprint density at radius 3 is 2.50 bits per heavy atom. The summed E-state index contributed by atoms with van der Waals surface area (Å²) in [6, 6.07) is 11.7. The average molecular weight is 330 g/mol. The third kappa shape index (κ3) is 4.17. The Bertz CT molecular complexity index is 744. The first-order valence-corrected chi connectivity index (χ1v) is 8.06. The molecule has 0 saturated heterocycles. The van der Waals surface area contributed by atoms with Crippen LogP contribution in [0.1, 0.15) is 30.9 Å². The smallest absolute Gasteiger partial charge is 0.221 e. The van der Waals surface area contributed by atoms with E-state index in [4.69, 9.17) is 0 Å². The summed E-state index contributed by atoms with van der Waals surface area (Å²) < 4.78 is 27.0. The van der Waals surface area contributed by atoms with Crippen molar-refractivity contribution >= 4 is 11.6 Å². The van der Waals surface area contributed by atoms with Crippen LogP contribution in [-0.4, -0.2) is 16.8 Å². The van der Waals surface area contributed by atoms with Crippen LogP contribution in [0.3, 0.4) is 0 Å². The van der Waals surface area contributed by atoms with E-state index in [0.29, 0.717) is 24.7 Å². The van der Waals surface area contributed by atoms with Gasteiger partial charge in [-0.3, -0.25) is 9.69 Å². The van der Waals surface area contributed by atoms with Crippen molar-refractivity contribution in [1.82, 2.24) is 4.90 Å². The number of rotatable bonds is 6.